The maximum absolute atomic E-state index is 13.2. The summed E-state index contributed by atoms with van der Waals surface area (Å²) in [4.78, 5) is 31.9. The van der Waals surface area contributed by atoms with Gasteiger partial charge in [-0.15, -0.1) is 0 Å². The van der Waals surface area contributed by atoms with E-state index in [0.717, 1.165) is 25.7 Å². The van der Waals surface area contributed by atoms with Crippen molar-refractivity contribution in [1.29, 1.82) is 0 Å². The van der Waals surface area contributed by atoms with Crippen molar-refractivity contribution in [2.75, 3.05) is 6.54 Å². The van der Waals surface area contributed by atoms with Crippen LogP contribution in [0.25, 0.3) is 11.0 Å². The minimum Gasteiger partial charge on any atom is -0.506 e. The lowest BCUT2D eigenvalue weighted by Gasteiger charge is -2.32. The molecule has 2 amide bonds. The first-order valence-electron chi connectivity index (χ1n) is 10.6. The minimum atomic E-state index is -0.508. The number of carbonyl (C=O) groups is 2. The number of fused-ring (bicyclic) bond motifs is 1. The standard InChI is InChI=1S/C22H32N4O4/c1-22(2,3)19(20-23-16-9-6-10-17(28)18(16)24-20)25-21(29)15(12-26(30)13-27)11-14-7-4-5-8-14/h6,9-10,13-15,19,28,30H,4-5,7-8,11-12H2,1-3H3,(H,23,24)(H,25,29)/t15-,19-/m1/s1. The van der Waals surface area contributed by atoms with Crippen molar-refractivity contribution in [2.45, 2.75) is 58.9 Å². The summed E-state index contributed by atoms with van der Waals surface area (Å²) in [6, 6.07) is 4.69. The molecule has 4 N–H and O–H groups in total. The number of nitrogens with zero attached hydrogens (tertiary/aromatic N) is 2. The topological polar surface area (TPSA) is 119 Å². The molecule has 0 aliphatic heterocycles. The summed E-state index contributed by atoms with van der Waals surface area (Å²) in [6.07, 6.45) is 5.42. The zero-order valence-electron chi connectivity index (χ0n) is 17.9. The van der Waals surface area contributed by atoms with Crippen LogP contribution in [0.4, 0.5) is 0 Å². The number of H-pyrrole nitrogens is 1. The zero-order chi connectivity index (χ0) is 21.9. The largest absolute Gasteiger partial charge is 0.506 e. The van der Waals surface area contributed by atoms with Gasteiger partial charge >= 0.3 is 0 Å². The van der Waals surface area contributed by atoms with Gasteiger partial charge in [-0.25, -0.2) is 10.0 Å². The Morgan fingerprint density at radius 2 is 2.07 bits per heavy atom. The van der Waals surface area contributed by atoms with Crippen LogP contribution in [0, 0.1) is 17.3 Å². The maximum Gasteiger partial charge on any atom is 0.233 e. The molecule has 164 valence electrons. The molecule has 1 aromatic carbocycles. The fraction of sp³-hybridized carbons (Fsp3) is 0.591. The number of rotatable bonds is 8. The number of aromatic amines is 1. The van der Waals surface area contributed by atoms with E-state index in [9.17, 15) is 19.9 Å². The van der Waals surface area contributed by atoms with Crippen LogP contribution in [0.3, 0.4) is 0 Å². The number of amides is 2. The van der Waals surface area contributed by atoms with Crippen molar-refractivity contribution in [2.24, 2.45) is 17.3 Å². The molecule has 2 aromatic rings. The van der Waals surface area contributed by atoms with Gasteiger partial charge in [0.2, 0.25) is 12.3 Å². The van der Waals surface area contributed by atoms with Gasteiger partial charge < -0.3 is 15.4 Å². The summed E-state index contributed by atoms with van der Waals surface area (Å²) in [6.45, 7) is 5.96. The van der Waals surface area contributed by atoms with Crippen LogP contribution in [-0.2, 0) is 9.59 Å². The molecule has 1 aliphatic rings. The zero-order valence-corrected chi connectivity index (χ0v) is 17.9. The van der Waals surface area contributed by atoms with E-state index in [4.69, 9.17) is 0 Å². The lowest BCUT2D eigenvalue weighted by molar-refractivity contribution is -0.155. The van der Waals surface area contributed by atoms with Crippen molar-refractivity contribution in [3.8, 4) is 5.75 Å². The third-order valence-electron chi connectivity index (χ3n) is 5.93. The van der Waals surface area contributed by atoms with Gasteiger partial charge in [0, 0.05) is 0 Å². The third kappa shape index (κ3) is 5.11. The van der Waals surface area contributed by atoms with Crippen molar-refractivity contribution >= 4 is 23.4 Å². The molecular formula is C22H32N4O4. The van der Waals surface area contributed by atoms with Gasteiger partial charge in [-0.1, -0.05) is 52.5 Å². The molecule has 0 saturated heterocycles. The highest BCUT2D eigenvalue weighted by molar-refractivity contribution is 5.82. The molecule has 0 unspecified atom stereocenters. The van der Waals surface area contributed by atoms with Gasteiger partial charge in [0.1, 0.15) is 17.1 Å². The number of carbonyl (C=O) groups excluding carboxylic acids is 2. The van der Waals surface area contributed by atoms with E-state index in [1.165, 1.54) is 0 Å². The SMILES string of the molecule is CC(C)(C)[C@H](NC(=O)[C@H](CC1CCCC1)CN(O)C=O)c1nc2c(O)cccc2[nH]1. The number of aromatic nitrogens is 2. The van der Waals surface area contributed by atoms with Gasteiger partial charge in [0.25, 0.3) is 0 Å². The first-order valence-corrected chi connectivity index (χ1v) is 10.6. The predicted molar refractivity (Wildman–Crippen MR) is 113 cm³/mol. The van der Waals surface area contributed by atoms with Crippen LogP contribution in [0.2, 0.25) is 0 Å². The molecule has 1 aromatic heterocycles. The maximum atomic E-state index is 13.2. The van der Waals surface area contributed by atoms with E-state index in [2.05, 4.69) is 15.3 Å². The molecule has 0 radical (unpaired) electrons. The van der Waals surface area contributed by atoms with Crippen molar-refractivity contribution in [3.05, 3.63) is 24.0 Å². The molecule has 1 fully saturated rings. The number of aromatic hydroxyl groups is 1. The number of nitrogens with one attached hydrogen (secondary N) is 2. The Kier molecular flexibility index (Phi) is 6.65. The molecule has 30 heavy (non-hydrogen) atoms. The first-order chi connectivity index (χ1) is 14.2. The Balaban J connectivity index is 1.84. The molecular weight excluding hydrogens is 384 g/mol. The molecule has 1 aliphatic carbocycles. The van der Waals surface area contributed by atoms with E-state index >= 15 is 0 Å². The highest BCUT2D eigenvalue weighted by Crippen LogP contribution is 2.35. The van der Waals surface area contributed by atoms with Gasteiger partial charge in [-0.2, -0.15) is 0 Å². The predicted octanol–water partition coefficient (Wildman–Crippen LogP) is 3.52. The van der Waals surface area contributed by atoms with Crippen LogP contribution in [0.1, 0.15) is 64.7 Å². The molecule has 1 saturated carbocycles. The summed E-state index contributed by atoms with van der Waals surface area (Å²) >= 11 is 0. The quantitative estimate of drug-likeness (QED) is 0.298. The second kappa shape index (κ2) is 9.04. The molecule has 8 heteroatoms. The highest BCUT2D eigenvalue weighted by Gasteiger charge is 2.34. The Morgan fingerprint density at radius 1 is 1.37 bits per heavy atom. The van der Waals surface area contributed by atoms with Gasteiger partial charge in [0.15, 0.2) is 0 Å². The highest BCUT2D eigenvalue weighted by atomic mass is 16.5. The van der Waals surface area contributed by atoms with Crippen LogP contribution in [0.15, 0.2) is 18.2 Å². The molecule has 0 spiro atoms. The van der Waals surface area contributed by atoms with E-state index in [-0.39, 0.29) is 23.6 Å². The van der Waals surface area contributed by atoms with Crippen molar-refractivity contribution in [1.82, 2.24) is 20.3 Å². The Morgan fingerprint density at radius 3 is 2.67 bits per heavy atom. The number of hydrogen-bond acceptors (Lipinski definition) is 5. The summed E-state index contributed by atoms with van der Waals surface area (Å²) in [5.41, 5.74) is 0.792. The van der Waals surface area contributed by atoms with E-state index in [1.54, 1.807) is 12.1 Å². The minimum absolute atomic E-state index is 0.0381. The number of phenolic OH excluding ortho intramolecular Hbond substituents is 1. The third-order valence-corrected chi connectivity index (χ3v) is 5.93. The van der Waals surface area contributed by atoms with Crippen LogP contribution in [0.5, 0.6) is 5.75 Å². The van der Waals surface area contributed by atoms with Crippen LogP contribution < -0.4 is 5.32 Å². The number of imidazole rings is 1. The molecule has 8 nitrogen and oxygen atoms in total. The molecule has 3 rings (SSSR count). The fourth-order valence-electron chi connectivity index (χ4n) is 4.31. The van der Waals surface area contributed by atoms with E-state index in [0.29, 0.717) is 40.7 Å². The summed E-state index contributed by atoms with van der Waals surface area (Å²) in [5, 5.41) is 23.5. The Hall–Kier alpha value is -2.61. The van der Waals surface area contributed by atoms with E-state index in [1.807, 2.05) is 26.8 Å². The van der Waals surface area contributed by atoms with Crippen LogP contribution in [-0.4, -0.2) is 44.2 Å². The first kappa shape index (κ1) is 22.1. The van der Waals surface area contributed by atoms with Gasteiger partial charge in [-0.3, -0.25) is 14.8 Å². The lowest BCUT2D eigenvalue weighted by Crippen LogP contribution is -2.43. The lowest BCUT2D eigenvalue weighted by atomic mass is 9.85. The average Bonchev–Trinajstić information content (AvgIpc) is 3.34. The summed E-state index contributed by atoms with van der Waals surface area (Å²) in [7, 11) is 0. The number of phenols is 1. The molecule has 1 heterocycles. The average molecular weight is 417 g/mol. The Labute approximate surface area is 176 Å². The second-order valence-corrected chi connectivity index (χ2v) is 9.41. The fourth-order valence-corrected chi connectivity index (χ4v) is 4.31. The summed E-state index contributed by atoms with van der Waals surface area (Å²) in [5.74, 6) is 0.341. The number of hydroxylamine groups is 2. The smallest absolute Gasteiger partial charge is 0.233 e. The number of hydrogen-bond donors (Lipinski definition) is 4. The summed E-state index contributed by atoms with van der Waals surface area (Å²) < 4.78 is 0. The molecule has 2 atom stereocenters. The van der Waals surface area contributed by atoms with Gasteiger partial charge in [-0.05, 0) is 29.9 Å². The normalized spacial score (nSPS) is 17.1. The van der Waals surface area contributed by atoms with Gasteiger partial charge in [0.05, 0.1) is 24.0 Å². The van der Waals surface area contributed by atoms with Crippen LogP contribution >= 0.6 is 0 Å². The van der Waals surface area contributed by atoms with E-state index < -0.39 is 12.0 Å². The number of benzene rings is 1. The molecule has 0 bridgehead atoms. The number of para-hydroxylation sites is 1. The second-order valence-electron chi connectivity index (χ2n) is 9.41. The van der Waals surface area contributed by atoms with Crippen molar-refractivity contribution in [3.63, 3.8) is 0 Å². The Bertz CT molecular complexity index is 883. The van der Waals surface area contributed by atoms with Crippen molar-refractivity contribution < 1.29 is 19.9 Å². The monoisotopic (exact) mass is 416 g/mol.